The second kappa shape index (κ2) is 10.1. The van der Waals surface area contributed by atoms with E-state index in [4.69, 9.17) is 9.72 Å². The highest BCUT2D eigenvalue weighted by molar-refractivity contribution is 6.04. The Morgan fingerprint density at radius 2 is 1.79 bits per heavy atom. The lowest BCUT2D eigenvalue weighted by molar-refractivity contribution is 0.102. The third kappa shape index (κ3) is 5.38. The lowest BCUT2D eigenvalue weighted by Crippen LogP contribution is -2.13. The molecule has 0 saturated carbocycles. The van der Waals surface area contributed by atoms with Gasteiger partial charge in [0.15, 0.2) is 0 Å². The summed E-state index contributed by atoms with van der Waals surface area (Å²) in [6.45, 7) is 5.95. The summed E-state index contributed by atoms with van der Waals surface area (Å²) in [6.07, 6.45) is 6.71. The minimum atomic E-state index is -0.193. The molecule has 4 rings (SSSR count). The van der Waals surface area contributed by atoms with E-state index in [0.717, 1.165) is 33.7 Å². The number of hydrogen-bond donors (Lipinski definition) is 2. The number of benzene rings is 2. The molecule has 7 heteroatoms. The van der Waals surface area contributed by atoms with Crippen molar-refractivity contribution in [2.75, 3.05) is 17.7 Å². The summed E-state index contributed by atoms with van der Waals surface area (Å²) >= 11 is 0. The van der Waals surface area contributed by atoms with E-state index >= 15 is 0 Å². The molecule has 2 N–H and O–H groups in total. The van der Waals surface area contributed by atoms with Crippen LogP contribution >= 0.6 is 0 Å². The van der Waals surface area contributed by atoms with Gasteiger partial charge in [-0.15, -0.1) is 0 Å². The van der Waals surface area contributed by atoms with Crippen LogP contribution in [0.2, 0.25) is 0 Å². The predicted molar refractivity (Wildman–Crippen MR) is 134 cm³/mol. The van der Waals surface area contributed by atoms with Gasteiger partial charge >= 0.3 is 0 Å². The molecule has 0 spiro atoms. The maximum absolute atomic E-state index is 12.6. The highest BCUT2D eigenvalue weighted by Gasteiger charge is 2.12. The molecule has 2 aromatic heterocycles. The molecule has 0 aliphatic rings. The van der Waals surface area contributed by atoms with Gasteiger partial charge in [-0.1, -0.05) is 24.3 Å². The van der Waals surface area contributed by atoms with Crippen molar-refractivity contribution in [2.45, 2.75) is 26.8 Å². The summed E-state index contributed by atoms with van der Waals surface area (Å²) in [7, 11) is 1.66. The topological polar surface area (TPSA) is 89.0 Å². The molecule has 2 heterocycles. The van der Waals surface area contributed by atoms with Crippen molar-refractivity contribution >= 4 is 17.4 Å². The first-order valence-electron chi connectivity index (χ1n) is 11.0. The number of aryl methyl sites for hydroxylation is 2. The number of hydrogen-bond acceptors (Lipinski definition) is 6. The number of ether oxygens (including phenoxy) is 1. The maximum atomic E-state index is 12.6. The smallest absolute Gasteiger partial charge is 0.257 e. The number of methoxy groups -OCH3 is 1. The van der Waals surface area contributed by atoms with Crippen LogP contribution in [0.15, 0.2) is 73.3 Å². The van der Waals surface area contributed by atoms with Gasteiger partial charge in [0.05, 0.1) is 36.8 Å². The molecule has 4 aromatic rings. The summed E-state index contributed by atoms with van der Waals surface area (Å²) in [5.74, 6) is 1.28. The Morgan fingerprint density at radius 1 is 0.971 bits per heavy atom. The van der Waals surface area contributed by atoms with Gasteiger partial charge in [0.2, 0.25) is 0 Å². The Hall–Kier alpha value is -4.26. The molecule has 1 amide bonds. The van der Waals surface area contributed by atoms with Crippen molar-refractivity contribution in [1.82, 2.24) is 15.0 Å². The summed E-state index contributed by atoms with van der Waals surface area (Å²) < 4.78 is 5.44. The van der Waals surface area contributed by atoms with Crippen LogP contribution in [0.5, 0.6) is 5.75 Å². The summed E-state index contributed by atoms with van der Waals surface area (Å²) in [5, 5.41) is 6.34. The Balaban J connectivity index is 1.48. The number of anilines is 2. The summed E-state index contributed by atoms with van der Waals surface area (Å²) in [4.78, 5) is 25.8. The van der Waals surface area contributed by atoms with E-state index in [1.807, 2.05) is 69.3 Å². The van der Waals surface area contributed by atoms with Crippen LogP contribution in [0, 0.1) is 13.8 Å². The zero-order chi connectivity index (χ0) is 24.1. The van der Waals surface area contributed by atoms with Gasteiger partial charge < -0.3 is 15.4 Å². The second-order valence-corrected chi connectivity index (χ2v) is 8.17. The number of nitrogens with one attached hydrogen (secondary N) is 2. The van der Waals surface area contributed by atoms with E-state index in [1.54, 1.807) is 31.9 Å². The Labute approximate surface area is 199 Å². The van der Waals surface area contributed by atoms with E-state index in [9.17, 15) is 4.79 Å². The SMILES string of the molecule is COc1cc(-c2cncc(NC(C)c3cccc(NC(=O)c4cncc(C)c4)c3)n2)ccc1C. The zero-order valence-electron chi connectivity index (χ0n) is 19.7. The standard InChI is InChI=1S/C27H27N5O2/c1-17-10-22(14-28-13-17)27(33)31-23-7-5-6-20(11-23)19(3)30-26-16-29-15-24(32-26)21-9-8-18(2)25(12-21)34-4/h5-16,19H,1-4H3,(H,30,32)(H,31,33). The molecular weight excluding hydrogens is 426 g/mol. The number of amides is 1. The molecule has 7 nitrogen and oxygen atoms in total. The van der Waals surface area contributed by atoms with Crippen LogP contribution in [0.4, 0.5) is 11.5 Å². The Bertz CT molecular complexity index is 1320. The number of nitrogens with zero attached hydrogens (tertiary/aromatic N) is 3. The fourth-order valence-corrected chi connectivity index (χ4v) is 3.63. The van der Waals surface area contributed by atoms with Crippen molar-refractivity contribution in [1.29, 1.82) is 0 Å². The number of carbonyl (C=O) groups is 1. The first kappa shape index (κ1) is 22.9. The molecule has 0 radical (unpaired) electrons. The molecule has 172 valence electrons. The highest BCUT2D eigenvalue weighted by Crippen LogP contribution is 2.27. The molecule has 2 aromatic carbocycles. The summed E-state index contributed by atoms with van der Waals surface area (Å²) in [6, 6.07) is 15.4. The molecule has 1 atom stereocenters. The molecule has 0 aliphatic carbocycles. The fraction of sp³-hybridized carbons (Fsp3) is 0.185. The van der Waals surface area contributed by atoms with Crippen LogP contribution in [0.1, 0.15) is 40.0 Å². The van der Waals surface area contributed by atoms with Crippen LogP contribution < -0.4 is 15.4 Å². The van der Waals surface area contributed by atoms with Crippen molar-refractivity contribution < 1.29 is 9.53 Å². The quantitative estimate of drug-likeness (QED) is 0.379. The fourth-order valence-electron chi connectivity index (χ4n) is 3.63. The normalized spacial score (nSPS) is 11.5. The van der Waals surface area contributed by atoms with Gasteiger partial charge in [-0.3, -0.25) is 14.8 Å². The number of rotatable bonds is 7. The number of aromatic nitrogens is 3. The number of carbonyl (C=O) groups excluding carboxylic acids is 1. The van der Waals surface area contributed by atoms with E-state index in [0.29, 0.717) is 17.1 Å². The first-order chi connectivity index (χ1) is 16.4. The Kier molecular flexibility index (Phi) is 6.82. The highest BCUT2D eigenvalue weighted by atomic mass is 16.5. The van der Waals surface area contributed by atoms with Crippen molar-refractivity contribution in [3.63, 3.8) is 0 Å². The summed E-state index contributed by atoms with van der Waals surface area (Å²) in [5.41, 5.74) is 5.93. The van der Waals surface area contributed by atoms with Gasteiger partial charge in [0, 0.05) is 23.6 Å². The van der Waals surface area contributed by atoms with E-state index in [-0.39, 0.29) is 11.9 Å². The average molecular weight is 454 g/mol. The molecule has 0 fully saturated rings. The minimum absolute atomic E-state index is 0.0606. The molecule has 0 saturated heterocycles. The van der Waals surface area contributed by atoms with Crippen molar-refractivity contribution in [3.8, 4) is 17.0 Å². The molecule has 0 bridgehead atoms. The third-order valence-electron chi connectivity index (χ3n) is 5.48. The van der Waals surface area contributed by atoms with Gasteiger partial charge in [-0.05, 0) is 61.7 Å². The van der Waals surface area contributed by atoms with Crippen LogP contribution in [0.3, 0.4) is 0 Å². The van der Waals surface area contributed by atoms with Gasteiger partial charge in [-0.25, -0.2) is 4.98 Å². The first-order valence-corrected chi connectivity index (χ1v) is 11.0. The predicted octanol–water partition coefficient (Wildman–Crippen LogP) is 5.59. The second-order valence-electron chi connectivity index (χ2n) is 8.17. The molecular formula is C27H27N5O2. The molecule has 0 aliphatic heterocycles. The van der Waals surface area contributed by atoms with E-state index in [1.165, 1.54) is 0 Å². The average Bonchev–Trinajstić information content (AvgIpc) is 2.84. The van der Waals surface area contributed by atoms with Crippen LogP contribution in [0.25, 0.3) is 11.3 Å². The van der Waals surface area contributed by atoms with E-state index < -0.39 is 0 Å². The van der Waals surface area contributed by atoms with Crippen LogP contribution in [-0.4, -0.2) is 28.0 Å². The van der Waals surface area contributed by atoms with Gasteiger partial charge in [-0.2, -0.15) is 0 Å². The lowest BCUT2D eigenvalue weighted by Gasteiger charge is -2.17. The Morgan fingerprint density at radius 3 is 2.59 bits per heavy atom. The van der Waals surface area contributed by atoms with Crippen molar-refractivity contribution in [2.24, 2.45) is 0 Å². The van der Waals surface area contributed by atoms with Crippen molar-refractivity contribution in [3.05, 3.63) is 95.6 Å². The van der Waals surface area contributed by atoms with Crippen LogP contribution in [-0.2, 0) is 0 Å². The molecule has 1 unspecified atom stereocenters. The lowest BCUT2D eigenvalue weighted by atomic mass is 10.1. The van der Waals surface area contributed by atoms with Gasteiger partial charge in [0.25, 0.3) is 5.91 Å². The monoisotopic (exact) mass is 453 g/mol. The van der Waals surface area contributed by atoms with E-state index in [2.05, 4.69) is 20.6 Å². The van der Waals surface area contributed by atoms with Gasteiger partial charge in [0.1, 0.15) is 11.6 Å². The minimum Gasteiger partial charge on any atom is -0.496 e. The molecule has 34 heavy (non-hydrogen) atoms. The number of pyridine rings is 1. The largest absolute Gasteiger partial charge is 0.496 e. The maximum Gasteiger partial charge on any atom is 0.257 e. The third-order valence-corrected chi connectivity index (χ3v) is 5.48. The zero-order valence-corrected chi connectivity index (χ0v) is 19.7.